The number of hydrogen-bond acceptors (Lipinski definition) is 8. The molecule has 164 valence electrons. The zero-order chi connectivity index (χ0) is 21.9. The van der Waals surface area contributed by atoms with E-state index in [9.17, 15) is 0 Å². The van der Waals surface area contributed by atoms with Crippen LogP contribution in [-0.4, -0.2) is 56.1 Å². The Bertz CT molecular complexity index is 1210. The third-order valence-electron chi connectivity index (χ3n) is 5.43. The minimum atomic E-state index is -0.421. The summed E-state index contributed by atoms with van der Waals surface area (Å²) in [5.74, 6) is 1.18. The van der Waals surface area contributed by atoms with Crippen molar-refractivity contribution in [1.82, 2.24) is 29.8 Å². The van der Waals surface area contributed by atoms with Crippen LogP contribution in [0.25, 0.3) is 16.9 Å². The lowest BCUT2D eigenvalue weighted by molar-refractivity contribution is 0.0903. The topological polar surface area (TPSA) is 99.4 Å². The average molecular weight is 452 g/mol. The van der Waals surface area contributed by atoms with E-state index in [1.54, 1.807) is 24.0 Å². The van der Waals surface area contributed by atoms with E-state index in [1.807, 2.05) is 36.4 Å². The first-order valence-electron chi connectivity index (χ1n) is 10.4. The molecule has 0 radical (unpaired) electrons. The highest BCUT2D eigenvalue weighted by molar-refractivity contribution is 6.30. The Kier molecular flexibility index (Phi) is 5.93. The van der Waals surface area contributed by atoms with E-state index in [4.69, 9.17) is 21.1 Å². The number of nitrogens with one attached hydrogen (secondary N) is 1. The fourth-order valence-electron chi connectivity index (χ4n) is 3.75. The molecule has 32 heavy (non-hydrogen) atoms. The summed E-state index contributed by atoms with van der Waals surface area (Å²) >= 11 is 6.01. The highest BCUT2D eigenvalue weighted by atomic mass is 35.5. The van der Waals surface area contributed by atoms with Crippen LogP contribution in [0.2, 0.25) is 5.02 Å². The molecule has 0 aliphatic carbocycles. The maximum Gasteiger partial charge on any atom is 0.223 e. The normalized spacial score (nSPS) is 15.7. The SMILES string of the molecule is COC(c1ccc(Cl)cc1)c1nnc2cc(-c3ccnc(NC4CCOCC4)n3)cnn12. The van der Waals surface area contributed by atoms with Crippen molar-refractivity contribution in [3.8, 4) is 11.3 Å². The van der Waals surface area contributed by atoms with Gasteiger partial charge in [0.05, 0.1) is 11.9 Å². The number of fused-ring (bicyclic) bond motifs is 1. The van der Waals surface area contributed by atoms with Crippen LogP contribution in [0.15, 0.2) is 48.8 Å². The van der Waals surface area contributed by atoms with E-state index < -0.39 is 6.10 Å². The summed E-state index contributed by atoms with van der Waals surface area (Å²) in [5, 5.41) is 17.3. The highest BCUT2D eigenvalue weighted by Crippen LogP contribution is 2.26. The number of ether oxygens (including phenoxy) is 2. The van der Waals surface area contributed by atoms with Gasteiger partial charge >= 0.3 is 0 Å². The standard InChI is InChI=1S/C22H22ClN7O2/c1-31-20(14-2-4-16(23)5-3-14)21-29-28-19-12-15(13-25-30(19)21)18-6-9-24-22(27-18)26-17-7-10-32-11-8-17/h2-6,9,12-13,17,20H,7-8,10-11H2,1H3,(H,24,26,27). The third kappa shape index (κ3) is 4.27. The Hall–Kier alpha value is -3.14. The predicted molar refractivity (Wildman–Crippen MR) is 120 cm³/mol. The number of methoxy groups -OCH3 is 1. The van der Waals surface area contributed by atoms with Crippen LogP contribution in [0.1, 0.15) is 30.3 Å². The van der Waals surface area contributed by atoms with Gasteiger partial charge in [0.1, 0.15) is 6.10 Å². The van der Waals surface area contributed by atoms with Crippen LogP contribution in [0.3, 0.4) is 0 Å². The van der Waals surface area contributed by atoms with Gasteiger partial charge in [-0.3, -0.25) is 0 Å². The summed E-state index contributed by atoms with van der Waals surface area (Å²) in [6.45, 7) is 1.51. The molecule has 5 rings (SSSR count). The first-order chi connectivity index (χ1) is 15.7. The fourth-order valence-corrected chi connectivity index (χ4v) is 3.88. The molecule has 0 amide bonds. The van der Waals surface area contributed by atoms with Crippen molar-refractivity contribution in [3.63, 3.8) is 0 Å². The molecule has 10 heteroatoms. The average Bonchev–Trinajstić information content (AvgIpc) is 3.25. The molecule has 3 aromatic heterocycles. The van der Waals surface area contributed by atoms with E-state index in [0.29, 0.717) is 28.5 Å². The van der Waals surface area contributed by atoms with E-state index in [2.05, 4.69) is 30.6 Å². The number of rotatable bonds is 6. The minimum absolute atomic E-state index is 0.317. The molecule has 1 aromatic carbocycles. The smallest absolute Gasteiger partial charge is 0.223 e. The molecular weight excluding hydrogens is 430 g/mol. The van der Waals surface area contributed by atoms with Gasteiger partial charge in [0.25, 0.3) is 0 Å². The van der Waals surface area contributed by atoms with Gasteiger partial charge in [-0.2, -0.15) is 9.61 Å². The molecule has 1 N–H and O–H groups in total. The van der Waals surface area contributed by atoms with Crippen molar-refractivity contribution in [2.45, 2.75) is 25.0 Å². The molecule has 1 fully saturated rings. The molecule has 1 saturated heterocycles. The fraction of sp³-hybridized carbons (Fsp3) is 0.318. The molecule has 1 aliphatic heterocycles. The highest BCUT2D eigenvalue weighted by Gasteiger charge is 2.21. The zero-order valence-electron chi connectivity index (χ0n) is 17.5. The predicted octanol–water partition coefficient (Wildman–Crippen LogP) is 3.56. The minimum Gasteiger partial charge on any atom is -0.381 e. The summed E-state index contributed by atoms with van der Waals surface area (Å²) in [5.41, 5.74) is 3.10. The summed E-state index contributed by atoms with van der Waals surface area (Å²) in [7, 11) is 1.63. The van der Waals surface area contributed by atoms with E-state index in [1.165, 1.54) is 0 Å². The lowest BCUT2D eigenvalue weighted by Crippen LogP contribution is -2.28. The van der Waals surface area contributed by atoms with Gasteiger partial charge in [0.15, 0.2) is 11.5 Å². The van der Waals surface area contributed by atoms with Crippen molar-refractivity contribution < 1.29 is 9.47 Å². The Morgan fingerprint density at radius 1 is 1.16 bits per heavy atom. The van der Waals surface area contributed by atoms with E-state index in [-0.39, 0.29) is 0 Å². The van der Waals surface area contributed by atoms with E-state index >= 15 is 0 Å². The van der Waals surface area contributed by atoms with Crippen LogP contribution >= 0.6 is 11.6 Å². The molecule has 1 aliphatic rings. The summed E-state index contributed by atoms with van der Waals surface area (Å²) in [6.07, 6.45) is 4.95. The van der Waals surface area contributed by atoms with Crippen molar-refractivity contribution in [3.05, 3.63) is 65.2 Å². The molecule has 0 saturated carbocycles. The number of benzene rings is 1. The van der Waals surface area contributed by atoms with Crippen LogP contribution in [0.5, 0.6) is 0 Å². The maximum atomic E-state index is 6.01. The monoisotopic (exact) mass is 451 g/mol. The Labute approximate surface area is 189 Å². The second-order valence-corrected chi connectivity index (χ2v) is 7.97. The van der Waals surface area contributed by atoms with E-state index in [0.717, 1.165) is 42.9 Å². The van der Waals surface area contributed by atoms with Gasteiger partial charge in [0.2, 0.25) is 5.95 Å². The van der Waals surface area contributed by atoms with Crippen molar-refractivity contribution in [2.75, 3.05) is 25.6 Å². The lowest BCUT2D eigenvalue weighted by Gasteiger charge is -2.23. The molecule has 0 spiro atoms. The molecule has 1 atom stereocenters. The Balaban J connectivity index is 1.42. The molecule has 0 bridgehead atoms. The quantitative estimate of drug-likeness (QED) is 0.475. The van der Waals surface area contributed by atoms with Crippen molar-refractivity contribution in [2.24, 2.45) is 0 Å². The molecule has 9 nitrogen and oxygen atoms in total. The van der Waals surface area contributed by atoms with Crippen LogP contribution < -0.4 is 5.32 Å². The largest absolute Gasteiger partial charge is 0.381 e. The van der Waals surface area contributed by atoms with Gasteiger partial charge in [-0.25, -0.2) is 9.97 Å². The second-order valence-electron chi connectivity index (χ2n) is 7.54. The van der Waals surface area contributed by atoms with Crippen LogP contribution in [0.4, 0.5) is 5.95 Å². The van der Waals surface area contributed by atoms with Crippen LogP contribution in [0, 0.1) is 0 Å². The summed E-state index contributed by atoms with van der Waals surface area (Å²) < 4.78 is 12.8. The summed E-state index contributed by atoms with van der Waals surface area (Å²) in [4.78, 5) is 9.02. The van der Waals surface area contributed by atoms with Gasteiger partial charge in [0, 0.05) is 43.1 Å². The molecule has 4 heterocycles. The van der Waals surface area contributed by atoms with Gasteiger partial charge in [-0.05, 0) is 42.7 Å². The maximum absolute atomic E-state index is 6.01. The Morgan fingerprint density at radius 2 is 1.97 bits per heavy atom. The zero-order valence-corrected chi connectivity index (χ0v) is 18.2. The first-order valence-corrected chi connectivity index (χ1v) is 10.8. The first kappa shape index (κ1) is 20.7. The van der Waals surface area contributed by atoms with Gasteiger partial charge in [-0.15, -0.1) is 10.2 Å². The summed E-state index contributed by atoms with van der Waals surface area (Å²) in [6, 6.07) is 11.5. The number of nitrogens with zero attached hydrogens (tertiary/aromatic N) is 6. The molecular formula is C22H22ClN7O2. The number of halogens is 1. The van der Waals surface area contributed by atoms with Gasteiger partial charge in [-0.1, -0.05) is 23.7 Å². The van der Waals surface area contributed by atoms with Crippen molar-refractivity contribution >= 4 is 23.2 Å². The van der Waals surface area contributed by atoms with Crippen LogP contribution in [-0.2, 0) is 9.47 Å². The molecule has 4 aromatic rings. The second kappa shape index (κ2) is 9.15. The number of hydrogen-bond donors (Lipinski definition) is 1. The van der Waals surface area contributed by atoms with Crippen molar-refractivity contribution in [1.29, 1.82) is 0 Å². The molecule has 1 unspecified atom stereocenters. The number of aromatic nitrogens is 6. The lowest BCUT2D eigenvalue weighted by atomic mass is 10.1. The van der Waals surface area contributed by atoms with Gasteiger partial charge < -0.3 is 14.8 Å². The number of anilines is 1. The Morgan fingerprint density at radius 3 is 2.75 bits per heavy atom. The third-order valence-corrected chi connectivity index (χ3v) is 5.69.